The number of hydrogen-bond donors (Lipinski definition) is 4. The van der Waals surface area contributed by atoms with Crippen LogP contribution in [0.5, 0.6) is 11.5 Å². The van der Waals surface area contributed by atoms with Crippen molar-refractivity contribution in [2.75, 3.05) is 44.8 Å². The summed E-state index contributed by atoms with van der Waals surface area (Å²) in [7, 11) is 0. The summed E-state index contributed by atoms with van der Waals surface area (Å²) in [6, 6.07) is 11.1. The van der Waals surface area contributed by atoms with Gasteiger partial charge in [0.15, 0.2) is 18.0 Å². The molecule has 2 aromatic rings. The minimum absolute atomic E-state index is 0.0379. The number of carbonyl (C=O) groups excluding carboxylic acids is 2. The molecule has 1 saturated heterocycles. The summed E-state index contributed by atoms with van der Waals surface area (Å²) in [5, 5.41) is 4.62. The highest BCUT2D eigenvalue weighted by atomic mass is 19.1. The Hall–Kier alpha value is -3.17. The zero-order valence-corrected chi connectivity index (χ0v) is 16.5. The average Bonchev–Trinajstić information content (AvgIpc) is 3.19. The molecule has 3 amide bonds. The van der Waals surface area contributed by atoms with Crippen LogP contribution in [0.1, 0.15) is 5.56 Å². The molecule has 2 aliphatic heterocycles. The van der Waals surface area contributed by atoms with Gasteiger partial charge in [-0.3, -0.25) is 10.1 Å². The minimum Gasteiger partial charge on any atom is -0.454 e. The van der Waals surface area contributed by atoms with E-state index < -0.39 is 11.8 Å². The van der Waals surface area contributed by atoms with Gasteiger partial charge in [0.2, 0.25) is 6.79 Å². The SMILES string of the molecule is O=C(C[NH+]1CC[NH+](Cc2ccc3c(c2)OCO3)CC1)NC(=O)Nc1ccccc1F. The van der Waals surface area contributed by atoms with E-state index in [1.807, 2.05) is 12.1 Å². The molecule has 9 heteroatoms. The summed E-state index contributed by atoms with van der Waals surface area (Å²) >= 11 is 0. The molecule has 1 fully saturated rings. The number of rotatable bonds is 5. The molecule has 30 heavy (non-hydrogen) atoms. The first-order valence-corrected chi connectivity index (χ1v) is 9.98. The molecule has 4 N–H and O–H groups in total. The fourth-order valence-electron chi connectivity index (χ4n) is 3.76. The van der Waals surface area contributed by atoms with E-state index in [1.54, 1.807) is 6.07 Å². The highest BCUT2D eigenvalue weighted by Crippen LogP contribution is 2.32. The number of quaternary nitrogens is 2. The van der Waals surface area contributed by atoms with Crippen LogP contribution in [0.3, 0.4) is 0 Å². The maximum atomic E-state index is 13.6. The van der Waals surface area contributed by atoms with Gasteiger partial charge in [0.05, 0.1) is 5.69 Å². The molecule has 0 bridgehead atoms. The first kappa shape index (κ1) is 20.1. The van der Waals surface area contributed by atoms with E-state index in [9.17, 15) is 14.0 Å². The van der Waals surface area contributed by atoms with Gasteiger partial charge in [-0.05, 0) is 30.3 Å². The third-order valence-electron chi connectivity index (χ3n) is 5.34. The van der Waals surface area contributed by atoms with Crippen LogP contribution in [0, 0.1) is 5.82 Å². The molecule has 0 unspecified atom stereocenters. The molecule has 0 saturated carbocycles. The Labute approximate surface area is 173 Å². The van der Waals surface area contributed by atoms with Crippen molar-refractivity contribution in [3.63, 3.8) is 0 Å². The van der Waals surface area contributed by atoms with Gasteiger partial charge in [-0.25, -0.2) is 9.18 Å². The van der Waals surface area contributed by atoms with Crippen molar-refractivity contribution < 1.29 is 33.3 Å². The van der Waals surface area contributed by atoms with Crippen molar-refractivity contribution in [1.29, 1.82) is 0 Å². The van der Waals surface area contributed by atoms with Crippen LogP contribution in [0.4, 0.5) is 14.9 Å². The topological polar surface area (TPSA) is 85.5 Å². The molecule has 2 aromatic carbocycles. The molecule has 0 aromatic heterocycles. The molecule has 0 aliphatic carbocycles. The number of amides is 3. The lowest BCUT2D eigenvalue weighted by molar-refractivity contribution is -1.02. The highest BCUT2D eigenvalue weighted by Gasteiger charge is 2.26. The quantitative estimate of drug-likeness (QED) is 0.514. The van der Waals surface area contributed by atoms with Crippen molar-refractivity contribution in [2.45, 2.75) is 6.54 Å². The maximum Gasteiger partial charge on any atom is 0.326 e. The van der Waals surface area contributed by atoms with Crippen molar-refractivity contribution in [3.8, 4) is 11.5 Å². The molecular formula is C21H25FN4O4+2. The highest BCUT2D eigenvalue weighted by molar-refractivity contribution is 6.01. The molecule has 0 radical (unpaired) electrons. The van der Waals surface area contributed by atoms with E-state index in [2.05, 4.69) is 16.7 Å². The van der Waals surface area contributed by atoms with Crippen molar-refractivity contribution in [3.05, 3.63) is 53.8 Å². The Balaban J connectivity index is 1.19. The zero-order valence-electron chi connectivity index (χ0n) is 16.5. The van der Waals surface area contributed by atoms with Crippen LogP contribution < -0.4 is 29.9 Å². The van der Waals surface area contributed by atoms with Crippen LogP contribution >= 0.6 is 0 Å². The summed E-state index contributed by atoms with van der Waals surface area (Å²) in [6.07, 6.45) is 0. The number of ether oxygens (including phenoxy) is 2. The standard InChI is InChI=1S/C21H23FN4O4/c22-16-3-1-2-4-17(16)23-21(28)24-20(27)13-26-9-7-25(8-10-26)12-15-5-6-18-19(11-15)30-14-29-18/h1-6,11H,7-10,12-14H2,(H2,23,24,27,28)/p+2. The molecule has 0 spiro atoms. The lowest BCUT2D eigenvalue weighted by atomic mass is 10.1. The molecular weight excluding hydrogens is 391 g/mol. The molecule has 4 rings (SSSR count). The average molecular weight is 416 g/mol. The lowest BCUT2D eigenvalue weighted by Gasteiger charge is -2.29. The second-order valence-electron chi connectivity index (χ2n) is 7.52. The molecule has 158 valence electrons. The number of piperazine rings is 1. The number of nitrogens with one attached hydrogen (secondary N) is 4. The number of fused-ring (bicyclic) bond motifs is 1. The van der Waals surface area contributed by atoms with E-state index in [0.29, 0.717) is 0 Å². The second kappa shape index (κ2) is 9.10. The third kappa shape index (κ3) is 5.05. The van der Waals surface area contributed by atoms with Crippen LogP contribution in [0.2, 0.25) is 0 Å². The monoisotopic (exact) mass is 416 g/mol. The summed E-state index contributed by atoms with van der Waals surface area (Å²) in [6.45, 7) is 4.90. The zero-order chi connectivity index (χ0) is 20.9. The Bertz CT molecular complexity index is 931. The van der Waals surface area contributed by atoms with Gasteiger partial charge < -0.3 is 24.6 Å². The second-order valence-corrected chi connectivity index (χ2v) is 7.52. The number of anilines is 1. The van der Waals surface area contributed by atoms with Crippen LogP contribution in [0.25, 0.3) is 0 Å². The van der Waals surface area contributed by atoms with E-state index >= 15 is 0 Å². The number of benzene rings is 2. The normalized spacial score (nSPS) is 19.9. The number of hydrogen-bond acceptors (Lipinski definition) is 4. The Morgan fingerprint density at radius 1 is 0.967 bits per heavy atom. The number of carbonyl (C=O) groups is 2. The first-order chi connectivity index (χ1) is 14.6. The minimum atomic E-state index is -0.725. The Morgan fingerprint density at radius 2 is 1.70 bits per heavy atom. The lowest BCUT2D eigenvalue weighted by Crippen LogP contribution is -3.28. The van der Waals surface area contributed by atoms with E-state index in [-0.39, 0.29) is 24.9 Å². The first-order valence-electron chi connectivity index (χ1n) is 9.98. The van der Waals surface area contributed by atoms with Crippen molar-refractivity contribution >= 4 is 17.6 Å². The van der Waals surface area contributed by atoms with Gasteiger partial charge in [0.25, 0.3) is 5.91 Å². The van der Waals surface area contributed by atoms with Gasteiger partial charge in [0.1, 0.15) is 38.5 Å². The van der Waals surface area contributed by atoms with E-state index in [4.69, 9.17) is 9.47 Å². The number of halogens is 1. The van der Waals surface area contributed by atoms with Gasteiger partial charge in [-0.15, -0.1) is 0 Å². The predicted octanol–water partition coefficient (Wildman–Crippen LogP) is -0.814. The third-order valence-corrected chi connectivity index (χ3v) is 5.34. The van der Waals surface area contributed by atoms with E-state index in [0.717, 1.165) is 49.1 Å². The fraction of sp³-hybridized carbons (Fsp3) is 0.333. The summed E-state index contributed by atoms with van der Waals surface area (Å²) in [5.74, 6) is 0.653. The van der Waals surface area contributed by atoms with Gasteiger partial charge in [-0.2, -0.15) is 0 Å². The Morgan fingerprint density at radius 3 is 2.50 bits per heavy atom. The van der Waals surface area contributed by atoms with Crippen LogP contribution in [0.15, 0.2) is 42.5 Å². The largest absolute Gasteiger partial charge is 0.454 e. The number of imide groups is 1. The maximum absolute atomic E-state index is 13.6. The molecule has 0 atom stereocenters. The van der Waals surface area contributed by atoms with Crippen molar-refractivity contribution in [2.24, 2.45) is 0 Å². The Kier molecular flexibility index (Phi) is 6.10. The number of urea groups is 1. The smallest absolute Gasteiger partial charge is 0.326 e. The predicted molar refractivity (Wildman–Crippen MR) is 106 cm³/mol. The summed E-state index contributed by atoms with van der Waals surface area (Å²) in [5.41, 5.74) is 1.23. The van der Waals surface area contributed by atoms with Crippen LogP contribution in [-0.4, -0.2) is 51.5 Å². The van der Waals surface area contributed by atoms with Crippen molar-refractivity contribution in [1.82, 2.24) is 5.32 Å². The summed E-state index contributed by atoms with van der Waals surface area (Å²) in [4.78, 5) is 26.6. The fourth-order valence-corrected chi connectivity index (χ4v) is 3.76. The molecule has 2 aliphatic rings. The van der Waals surface area contributed by atoms with Gasteiger partial charge in [-0.1, -0.05) is 12.1 Å². The van der Waals surface area contributed by atoms with Crippen LogP contribution in [-0.2, 0) is 11.3 Å². The summed E-state index contributed by atoms with van der Waals surface area (Å²) < 4.78 is 24.3. The molecule has 2 heterocycles. The van der Waals surface area contributed by atoms with Gasteiger partial charge in [0, 0.05) is 5.56 Å². The van der Waals surface area contributed by atoms with E-state index in [1.165, 1.54) is 28.7 Å². The molecule has 8 nitrogen and oxygen atoms in total. The van der Waals surface area contributed by atoms with Gasteiger partial charge >= 0.3 is 6.03 Å². The number of para-hydroxylation sites is 1.